The highest BCUT2D eigenvalue weighted by Gasteiger charge is 2.32. The van der Waals surface area contributed by atoms with E-state index in [0.29, 0.717) is 29.7 Å². The van der Waals surface area contributed by atoms with E-state index in [1.807, 2.05) is 0 Å². The summed E-state index contributed by atoms with van der Waals surface area (Å²) in [6.45, 7) is 5.03. The average molecular weight is 448 g/mol. The number of hydrogen-bond acceptors (Lipinski definition) is 4. The van der Waals surface area contributed by atoms with E-state index in [1.165, 1.54) is 0 Å². The number of halogens is 5. The molecule has 1 atom stereocenters. The molecule has 1 aliphatic rings. The van der Waals surface area contributed by atoms with Crippen LogP contribution in [0, 0.1) is 0 Å². The van der Waals surface area contributed by atoms with Gasteiger partial charge in [-0.3, -0.25) is 4.90 Å². The topological polar surface area (TPSA) is 44.7 Å². The van der Waals surface area contributed by atoms with E-state index in [0.717, 1.165) is 13.1 Å². The summed E-state index contributed by atoms with van der Waals surface area (Å²) in [5.74, 6) is 0.254. The number of benzene rings is 1. The molecule has 0 aliphatic carbocycles. The molecule has 0 aromatic heterocycles. The zero-order chi connectivity index (χ0) is 17.7. The molecule has 1 saturated heterocycles. The van der Waals surface area contributed by atoms with Crippen molar-refractivity contribution in [3.05, 3.63) is 22.2 Å². The summed E-state index contributed by atoms with van der Waals surface area (Å²) in [6, 6.07) is 2.96. The van der Waals surface area contributed by atoms with Crippen molar-refractivity contribution in [2.24, 2.45) is 0 Å². The third kappa shape index (κ3) is 6.51. The summed E-state index contributed by atoms with van der Waals surface area (Å²) in [5.41, 5.74) is 0.717. The lowest BCUT2D eigenvalue weighted by Crippen LogP contribution is -2.45. The van der Waals surface area contributed by atoms with Gasteiger partial charge < -0.3 is 15.2 Å². The van der Waals surface area contributed by atoms with E-state index < -0.39 is 12.6 Å². The molecule has 0 amide bonds. The van der Waals surface area contributed by atoms with Crippen LogP contribution in [0.1, 0.15) is 31.4 Å². The summed E-state index contributed by atoms with van der Waals surface area (Å²) in [5, 5.41) is 13.2. The Labute approximate surface area is 160 Å². The molecule has 1 aromatic carbocycles. The fraction of sp³-hybridized carbons (Fsp3) is 0.625. The van der Waals surface area contributed by atoms with Gasteiger partial charge in [0.25, 0.3) is 0 Å². The maximum atomic E-state index is 12.7. The number of rotatable bonds is 6. The summed E-state index contributed by atoms with van der Waals surface area (Å²) in [4.78, 5) is 2.05. The Morgan fingerprint density at radius 1 is 1.32 bits per heavy atom. The molecule has 25 heavy (non-hydrogen) atoms. The first-order valence-corrected chi connectivity index (χ1v) is 8.78. The zero-order valence-electron chi connectivity index (χ0n) is 13.9. The smallest absolute Gasteiger partial charge is 0.389 e. The average Bonchev–Trinajstić information content (AvgIpc) is 2.52. The van der Waals surface area contributed by atoms with Gasteiger partial charge in [-0.05, 0) is 47.0 Å². The number of nitrogens with zero attached hydrogens (tertiary/aromatic N) is 1. The van der Waals surface area contributed by atoms with Crippen LogP contribution in [-0.2, 0) is 0 Å². The van der Waals surface area contributed by atoms with Crippen LogP contribution >= 0.6 is 28.3 Å². The van der Waals surface area contributed by atoms with E-state index in [4.69, 9.17) is 4.74 Å². The second-order valence-electron chi connectivity index (χ2n) is 5.74. The highest BCUT2D eigenvalue weighted by atomic mass is 79.9. The molecule has 4 nitrogen and oxygen atoms in total. The maximum Gasteiger partial charge on any atom is 0.389 e. The van der Waals surface area contributed by atoms with E-state index in [-0.39, 0.29) is 36.4 Å². The van der Waals surface area contributed by atoms with Crippen LogP contribution in [0.3, 0.4) is 0 Å². The molecule has 1 aliphatic heterocycles. The first kappa shape index (κ1) is 22.3. The minimum absolute atomic E-state index is 0. The van der Waals surface area contributed by atoms with Crippen LogP contribution in [0.15, 0.2) is 16.6 Å². The molecule has 1 aromatic rings. The molecule has 0 bridgehead atoms. The number of hydrogen-bond donors (Lipinski definition) is 2. The fourth-order valence-corrected chi connectivity index (χ4v) is 3.37. The Kier molecular flexibility index (Phi) is 8.80. The molecular formula is C16H23BrClF3N2O2. The molecule has 1 fully saturated rings. The van der Waals surface area contributed by atoms with Gasteiger partial charge >= 0.3 is 6.18 Å². The van der Waals surface area contributed by atoms with Gasteiger partial charge in [0.05, 0.1) is 11.1 Å². The minimum Gasteiger partial charge on any atom is -0.503 e. The summed E-state index contributed by atoms with van der Waals surface area (Å²) >= 11 is 3.27. The number of piperazine rings is 1. The zero-order valence-corrected chi connectivity index (χ0v) is 16.3. The number of nitrogens with one attached hydrogen (secondary N) is 1. The van der Waals surface area contributed by atoms with Crippen molar-refractivity contribution in [1.29, 1.82) is 0 Å². The Hall–Kier alpha value is -0.700. The number of alkyl halides is 3. The van der Waals surface area contributed by atoms with Gasteiger partial charge in [0.15, 0.2) is 11.5 Å². The van der Waals surface area contributed by atoms with E-state index in [2.05, 4.69) is 26.1 Å². The van der Waals surface area contributed by atoms with Crippen molar-refractivity contribution < 1.29 is 23.0 Å². The largest absolute Gasteiger partial charge is 0.503 e. The maximum absolute atomic E-state index is 12.7. The molecule has 9 heteroatoms. The van der Waals surface area contributed by atoms with Gasteiger partial charge in [0, 0.05) is 38.6 Å². The Bertz CT molecular complexity index is 555. The van der Waals surface area contributed by atoms with Crippen LogP contribution in [0.4, 0.5) is 13.2 Å². The molecule has 0 unspecified atom stereocenters. The SMILES string of the molecule is CCOc1cc([C@@H](CCC(F)(F)F)N2CCNCC2)cc(Br)c1O.Cl. The standard InChI is InChI=1S/C16H22BrF3N2O2.ClH/c1-2-24-14-10-11(9-12(17)15(14)23)13(3-4-16(18,19)20)22-7-5-21-6-8-22;/h9-10,13,21,23H,2-8H2,1H3;1H/t13-;/m1./s1. The monoisotopic (exact) mass is 446 g/mol. The number of aromatic hydroxyl groups is 1. The second-order valence-corrected chi connectivity index (χ2v) is 6.59. The van der Waals surface area contributed by atoms with Crippen molar-refractivity contribution in [3.8, 4) is 11.5 Å². The highest BCUT2D eigenvalue weighted by molar-refractivity contribution is 9.10. The predicted molar refractivity (Wildman–Crippen MR) is 96.7 cm³/mol. The van der Waals surface area contributed by atoms with Gasteiger partial charge in [0.2, 0.25) is 0 Å². The quantitative estimate of drug-likeness (QED) is 0.684. The summed E-state index contributed by atoms with van der Waals surface area (Å²) in [6.07, 6.45) is -5.06. The molecule has 2 rings (SSSR count). The molecular weight excluding hydrogens is 425 g/mol. The van der Waals surface area contributed by atoms with E-state index >= 15 is 0 Å². The third-order valence-electron chi connectivity index (χ3n) is 4.03. The van der Waals surface area contributed by atoms with Gasteiger partial charge in [-0.2, -0.15) is 13.2 Å². The lowest BCUT2D eigenvalue weighted by atomic mass is 9.98. The lowest BCUT2D eigenvalue weighted by Gasteiger charge is -2.35. The highest BCUT2D eigenvalue weighted by Crippen LogP contribution is 2.40. The van der Waals surface area contributed by atoms with Crippen molar-refractivity contribution >= 4 is 28.3 Å². The normalized spacial score (nSPS) is 17.0. The number of ether oxygens (including phenoxy) is 1. The Morgan fingerprint density at radius 2 is 1.96 bits per heavy atom. The molecule has 2 N–H and O–H groups in total. The van der Waals surface area contributed by atoms with Crippen LogP contribution < -0.4 is 10.1 Å². The molecule has 0 saturated carbocycles. The van der Waals surface area contributed by atoms with Crippen molar-refractivity contribution in [2.45, 2.75) is 32.0 Å². The fourth-order valence-electron chi connectivity index (χ4n) is 2.91. The molecule has 144 valence electrons. The summed E-state index contributed by atoms with van der Waals surface area (Å²) in [7, 11) is 0. The van der Waals surface area contributed by atoms with E-state index in [1.54, 1.807) is 19.1 Å². The van der Waals surface area contributed by atoms with Gasteiger partial charge in [-0.1, -0.05) is 0 Å². The van der Waals surface area contributed by atoms with Crippen molar-refractivity contribution in [2.75, 3.05) is 32.8 Å². The molecule has 0 radical (unpaired) electrons. The predicted octanol–water partition coefficient (Wildman–Crippen LogP) is 4.26. The third-order valence-corrected chi connectivity index (χ3v) is 4.63. The number of phenolic OH excluding ortho intramolecular Hbond substituents is 1. The number of phenols is 1. The summed E-state index contributed by atoms with van der Waals surface area (Å²) < 4.78 is 44.0. The lowest BCUT2D eigenvalue weighted by molar-refractivity contribution is -0.138. The second kappa shape index (κ2) is 9.85. The minimum atomic E-state index is -4.19. The van der Waals surface area contributed by atoms with Crippen LogP contribution in [0.25, 0.3) is 0 Å². The van der Waals surface area contributed by atoms with Gasteiger partial charge in [-0.25, -0.2) is 0 Å². The van der Waals surface area contributed by atoms with Crippen molar-refractivity contribution in [1.82, 2.24) is 10.2 Å². The van der Waals surface area contributed by atoms with Gasteiger partial charge in [0.1, 0.15) is 0 Å². The van der Waals surface area contributed by atoms with Crippen LogP contribution in [0.2, 0.25) is 0 Å². The Morgan fingerprint density at radius 3 is 2.52 bits per heavy atom. The first-order chi connectivity index (χ1) is 11.3. The Balaban J connectivity index is 0.00000312. The van der Waals surface area contributed by atoms with Crippen LogP contribution in [0.5, 0.6) is 11.5 Å². The van der Waals surface area contributed by atoms with E-state index in [9.17, 15) is 18.3 Å². The van der Waals surface area contributed by atoms with Crippen LogP contribution in [-0.4, -0.2) is 49.0 Å². The van der Waals surface area contributed by atoms with Crippen molar-refractivity contribution in [3.63, 3.8) is 0 Å². The molecule has 0 spiro atoms. The molecule has 1 heterocycles. The first-order valence-electron chi connectivity index (χ1n) is 7.98. The van der Waals surface area contributed by atoms with Gasteiger partial charge in [-0.15, -0.1) is 12.4 Å².